The molecule has 0 radical (unpaired) electrons. The third-order valence-corrected chi connectivity index (χ3v) is 4.32. The average molecular weight is 369 g/mol. The van der Waals surface area contributed by atoms with Crippen LogP contribution in [-0.4, -0.2) is 29.7 Å². The van der Waals surface area contributed by atoms with Crippen LogP contribution in [0.25, 0.3) is 5.57 Å². The second kappa shape index (κ2) is 7.72. The molecule has 2 rings (SSSR count). The Morgan fingerprint density at radius 1 is 1.27 bits per heavy atom. The van der Waals surface area contributed by atoms with E-state index < -0.39 is 17.3 Å². The van der Waals surface area contributed by atoms with Crippen LogP contribution in [0.15, 0.2) is 30.8 Å². The number of likely N-dealkylation sites (tertiary alicyclic amines) is 1. The second-order valence-electron chi connectivity index (χ2n) is 7.79. The molecule has 1 amide bonds. The maximum atomic E-state index is 13.2. The van der Waals surface area contributed by atoms with E-state index in [9.17, 15) is 18.0 Å². The molecule has 0 aliphatic carbocycles. The molecule has 1 atom stereocenters. The molecule has 26 heavy (non-hydrogen) atoms. The normalized spacial score (nSPS) is 18.5. The largest absolute Gasteiger partial charge is 0.444 e. The number of rotatable bonds is 3. The average Bonchev–Trinajstić information content (AvgIpc) is 2.52. The monoisotopic (exact) mass is 369 g/mol. The van der Waals surface area contributed by atoms with Crippen molar-refractivity contribution in [1.29, 1.82) is 0 Å². The van der Waals surface area contributed by atoms with Crippen molar-refractivity contribution in [3.05, 3.63) is 42.0 Å². The molecule has 0 saturated carbocycles. The number of carbonyl (C=O) groups excluding carboxylic acids is 1. The molecule has 1 aromatic carbocycles. The molecule has 1 aliphatic heterocycles. The predicted octanol–water partition coefficient (Wildman–Crippen LogP) is 5.76. The second-order valence-corrected chi connectivity index (χ2v) is 7.79. The predicted molar refractivity (Wildman–Crippen MR) is 95.6 cm³/mol. The van der Waals surface area contributed by atoms with E-state index in [0.29, 0.717) is 25.1 Å². The maximum absolute atomic E-state index is 13.2. The zero-order chi connectivity index (χ0) is 19.5. The summed E-state index contributed by atoms with van der Waals surface area (Å²) in [6.07, 6.45) is -2.70. The van der Waals surface area contributed by atoms with Crippen molar-refractivity contribution in [2.75, 3.05) is 13.1 Å². The summed E-state index contributed by atoms with van der Waals surface area (Å²) in [5, 5.41) is 0. The van der Waals surface area contributed by atoms with Gasteiger partial charge in [0.15, 0.2) is 0 Å². The number of hydrogen-bond acceptors (Lipinski definition) is 2. The summed E-state index contributed by atoms with van der Waals surface area (Å²) < 4.78 is 45.0. The van der Waals surface area contributed by atoms with Crippen molar-refractivity contribution < 1.29 is 22.7 Å². The van der Waals surface area contributed by atoms with Crippen LogP contribution in [0.5, 0.6) is 0 Å². The number of piperidine rings is 1. The van der Waals surface area contributed by atoms with Gasteiger partial charge in [-0.25, -0.2) is 4.79 Å². The summed E-state index contributed by atoms with van der Waals surface area (Å²) in [6.45, 7) is 10.4. The molecule has 0 aromatic heterocycles. The molecule has 1 saturated heterocycles. The van der Waals surface area contributed by atoms with Gasteiger partial charge in [-0.05, 0) is 63.2 Å². The molecule has 3 nitrogen and oxygen atoms in total. The van der Waals surface area contributed by atoms with Crippen molar-refractivity contribution >= 4 is 11.7 Å². The topological polar surface area (TPSA) is 29.5 Å². The molecular formula is C20H26F3NO2. The van der Waals surface area contributed by atoms with Crippen LogP contribution in [0.2, 0.25) is 0 Å². The summed E-state index contributed by atoms with van der Waals surface area (Å²) in [4.78, 5) is 13.9. The van der Waals surface area contributed by atoms with Crippen molar-refractivity contribution in [3.63, 3.8) is 0 Å². The Morgan fingerprint density at radius 2 is 1.92 bits per heavy atom. The molecule has 0 bridgehead atoms. The Balaban J connectivity index is 2.05. The zero-order valence-corrected chi connectivity index (χ0v) is 15.5. The third kappa shape index (κ3) is 5.51. The summed E-state index contributed by atoms with van der Waals surface area (Å²) in [5.74, 6) is 0.0741. The smallest absolute Gasteiger partial charge is 0.416 e. The molecule has 6 heteroatoms. The lowest BCUT2D eigenvalue weighted by Crippen LogP contribution is -2.42. The highest BCUT2D eigenvalue weighted by Crippen LogP contribution is 2.37. The van der Waals surface area contributed by atoms with Gasteiger partial charge in [-0.1, -0.05) is 24.8 Å². The van der Waals surface area contributed by atoms with Crippen molar-refractivity contribution in [1.82, 2.24) is 4.90 Å². The van der Waals surface area contributed by atoms with Crippen LogP contribution in [-0.2, 0) is 10.9 Å². The number of allylic oxidation sites excluding steroid dienone is 1. The molecule has 1 unspecified atom stereocenters. The number of nitrogens with zero attached hydrogens (tertiary/aromatic N) is 1. The Bertz CT molecular complexity index is 662. The van der Waals surface area contributed by atoms with E-state index in [-0.39, 0.29) is 17.6 Å². The minimum atomic E-state index is -4.41. The summed E-state index contributed by atoms with van der Waals surface area (Å²) >= 11 is 0. The number of halogens is 3. The van der Waals surface area contributed by atoms with E-state index in [4.69, 9.17) is 4.74 Å². The van der Waals surface area contributed by atoms with E-state index in [1.54, 1.807) is 11.0 Å². The van der Waals surface area contributed by atoms with E-state index in [1.807, 2.05) is 20.8 Å². The van der Waals surface area contributed by atoms with Gasteiger partial charge in [0.05, 0.1) is 5.56 Å². The third-order valence-electron chi connectivity index (χ3n) is 4.32. The summed E-state index contributed by atoms with van der Waals surface area (Å²) in [7, 11) is 0. The van der Waals surface area contributed by atoms with E-state index >= 15 is 0 Å². The number of benzene rings is 1. The van der Waals surface area contributed by atoms with Gasteiger partial charge in [0, 0.05) is 13.1 Å². The van der Waals surface area contributed by atoms with Crippen LogP contribution in [0.3, 0.4) is 0 Å². The Kier molecular flexibility index (Phi) is 6.04. The van der Waals surface area contributed by atoms with Crippen molar-refractivity contribution in [2.45, 2.75) is 51.8 Å². The molecular weight excluding hydrogens is 343 g/mol. The van der Waals surface area contributed by atoms with E-state index in [1.165, 1.54) is 12.1 Å². The molecule has 1 fully saturated rings. The van der Waals surface area contributed by atoms with Crippen LogP contribution >= 0.6 is 0 Å². The first-order valence-electron chi connectivity index (χ1n) is 8.79. The van der Waals surface area contributed by atoms with Crippen molar-refractivity contribution in [3.8, 4) is 0 Å². The molecule has 144 valence electrons. The number of carbonyl (C=O) groups is 1. The highest BCUT2D eigenvalue weighted by Gasteiger charge is 2.34. The first-order chi connectivity index (χ1) is 12.0. The van der Waals surface area contributed by atoms with Gasteiger partial charge in [0.25, 0.3) is 0 Å². The van der Waals surface area contributed by atoms with Gasteiger partial charge in [0.2, 0.25) is 0 Å². The summed E-state index contributed by atoms with van der Waals surface area (Å²) in [6, 6.07) is 5.50. The SMILES string of the molecule is C=C(CC1CCCN(C(=O)OC(C)(C)C)C1)c1ccccc1C(F)(F)F. The minimum absolute atomic E-state index is 0.0741. The fraction of sp³-hybridized carbons (Fsp3) is 0.550. The molecule has 0 N–H and O–H groups in total. The van der Waals surface area contributed by atoms with Gasteiger partial charge >= 0.3 is 12.3 Å². The van der Waals surface area contributed by atoms with Crippen LogP contribution in [0, 0.1) is 5.92 Å². The molecule has 1 heterocycles. The quantitative estimate of drug-likeness (QED) is 0.678. The van der Waals surface area contributed by atoms with E-state index in [0.717, 1.165) is 18.9 Å². The molecule has 0 spiro atoms. The van der Waals surface area contributed by atoms with Crippen LogP contribution in [0.1, 0.15) is 51.2 Å². The van der Waals surface area contributed by atoms with E-state index in [2.05, 4.69) is 6.58 Å². The Morgan fingerprint density at radius 3 is 2.54 bits per heavy atom. The lowest BCUT2D eigenvalue weighted by Gasteiger charge is -2.34. The number of hydrogen-bond donors (Lipinski definition) is 0. The number of ether oxygens (including phenoxy) is 1. The fourth-order valence-corrected chi connectivity index (χ4v) is 3.22. The lowest BCUT2D eigenvalue weighted by molar-refractivity contribution is -0.137. The van der Waals surface area contributed by atoms with Gasteiger partial charge in [0.1, 0.15) is 5.60 Å². The van der Waals surface area contributed by atoms with Gasteiger partial charge < -0.3 is 9.64 Å². The molecule has 1 aliphatic rings. The first kappa shape index (κ1) is 20.3. The Labute approximate surface area is 152 Å². The first-order valence-corrected chi connectivity index (χ1v) is 8.79. The van der Waals surface area contributed by atoms with Gasteiger partial charge in [-0.15, -0.1) is 0 Å². The number of alkyl halides is 3. The highest BCUT2D eigenvalue weighted by molar-refractivity contribution is 5.69. The van der Waals surface area contributed by atoms with Gasteiger partial charge in [-0.2, -0.15) is 13.2 Å². The Hall–Kier alpha value is -1.98. The van der Waals surface area contributed by atoms with Crippen LogP contribution in [0.4, 0.5) is 18.0 Å². The van der Waals surface area contributed by atoms with Gasteiger partial charge in [-0.3, -0.25) is 0 Å². The number of amides is 1. The maximum Gasteiger partial charge on any atom is 0.416 e. The minimum Gasteiger partial charge on any atom is -0.444 e. The standard InChI is InChI=1S/C20H26F3NO2/c1-14(16-9-5-6-10-17(16)20(21,22)23)12-15-8-7-11-24(13-15)18(25)26-19(2,3)4/h5-6,9-10,15H,1,7-8,11-13H2,2-4H3. The molecule has 1 aromatic rings. The zero-order valence-electron chi connectivity index (χ0n) is 15.5. The highest BCUT2D eigenvalue weighted by atomic mass is 19.4. The summed E-state index contributed by atoms with van der Waals surface area (Å²) in [5.41, 5.74) is -0.646. The van der Waals surface area contributed by atoms with Crippen LogP contribution < -0.4 is 0 Å². The lowest BCUT2D eigenvalue weighted by atomic mass is 9.88. The fourth-order valence-electron chi connectivity index (χ4n) is 3.22. The van der Waals surface area contributed by atoms with Crippen molar-refractivity contribution in [2.24, 2.45) is 5.92 Å².